The molecule has 1 aromatic carbocycles. The maximum absolute atomic E-state index is 5.27. The van der Waals surface area contributed by atoms with Gasteiger partial charge < -0.3 is 9.32 Å². The lowest BCUT2D eigenvalue weighted by molar-refractivity contribution is 0.148. The van der Waals surface area contributed by atoms with Crippen LogP contribution in [-0.4, -0.2) is 48.0 Å². The number of pyridine rings is 1. The van der Waals surface area contributed by atoms with Gasteiger partial charge in [-0.25, -0.2) is 0 Å². The average Bonchev–Trinajstić information content (AvgIpc) is 3.39. The largest absolute Gasteiger partial charge is 0.472 e. The normalized spacial score (nSPS) is 17.5. The highest BCUT2D eigenvalue weighted by molar-refractivity contribution is 5.85. The quantitative estimate of drug-likeness (QED) is 0.692. The minimum atomic E-state index is 0.889. The van der Waals surface area contributed by atoms with Crippen LogP contribution in [-0.2, 0) is 13.0 Å². The topological polar surface area (TPSA) is 32.5 Å². The second-order valence-corrected chi connectivity index (χ2v) is 7.83. The molecule has 0 saturated carbocycles. The third-order valence-electron chi connectivity index (χ3n) is 5.88. The molecule has 2 aliphatic rings. The van der Waals surface area contributed by atoms with E-state index in [0.29, 0.717) is 0 Å². The molecule has 5 rings (SSSR count). The third kappa shape index (κ3) is 3.41. The first-order valence-electron chi connectivity index (χ1n) is 9.98. The molecule has 0 spiro atoms. The fourth-order valence-electron chi connectivity index (χ4n) is 4.11. The van der Waals surface area contributed by atoms with Crippen LogP contribution in [0, 0.1) is 0 Å². The number of rotatable bonds is 4. The number of fused-ring (bicyclic) bond motifs is 1. The van der Waals surface area contributed by atoms with Crippen LogP contribution in [0.25, 0.3) is 16.7 Å². The molecule has 0 amide bonds. The Hall–Kier alpha value is -2.69. The molecule has 28 heavy (non-hydrogen) atoms. The van der Waals surface area contributed by atoms with Gasteiger partial charge in [0.2, 0.25) is 0 Å². The summed E-state index contributed by atoms with van der Waals surface area (Å²) in [6.45, 7) is 5.65. The van der Waals surface area contributed by atoms with Crippen LogP contribution in [0.5, 0.6) is 0 Å². The van der Waals surface area contributed by atoms with E-state index in [2.05, 4.69) is 53.3 Å². The molecule has 2 aromatic heterocycles. The van der Waals surface area contributed by atoms with Crippen molar-refractivity contribution in [3.8, 4) is 11.1 Å². The van der Waals surface area contributed by atoms with E-state index in [0.717, 1.165) is 50.4 Å². The molecule has 1 aliphatic heterocycles. The van der Waals surface area contributed by atoms with Crippen molar-refractivity contribution in [2.24, 2.45) is 0 Å². The van der Waals surface area contributed by atoms with Crippen LogP contribution in [0.3, 0.4) is 0 Å². The number of benzene rings is 1. The van der Waals surface area contributed by atoms with Crippen LogP contribution in [0.15, 0.2) is 65.6 Å². The van der Waals surface area contributed by atoms with Gasteiger partial charge in [0.1, 0.15) is 0 Å². The molecular weight excluding hydrogens is 346 g/mol. The first-order chi connectivity index (χ1) is 13.8. The molecule has 0 atom stereocenters. The Bertz CT molecular complexity index is 981. The lowest BCUT2D eigenvalue weighted by Gasteiger charge is -2.32. The Labute approximate surface area is 166 Å². The zero-order valence-corrected chi connectivity index (χ0v) is 16.3. The molecule has 1 fully saturated rings. The zero-order chi connectivity index (χ0) is 18.9. The summed E-state index contributed by atoms with van der Waals surface area (Å²) >= 11 is 0. The van der Waals surface area contributed by atoms with Crippen LogP contribution in [0.4, 0.5) is 0 Å². The highest BCUT2D eigenvalue weighted by atomic mass is 16.3. The molecular formula is C24H25N3O. The zero-order valence-electron chi connectivity index (χ0n) is 16.3. The van der Waals surface area contributed by atoms with Crippen molar-refractivity contribution in [1.29, 1.82) is 0 Å². The molecule has 3 heterocycles. The maximum atomic E-state index is 5.27. The first kappa shape index (κ1) is 17.4. The molecule has 0 N–H and O–H groups in total. The van der Waals surface area contributed by atoms with Gasteiger partial charge in [-0.3, -0.25) is 9.88 Å². The van der Waals surface area contributed by atoms with Gasteiger partial charge in [-0.05, 0) is 35.9 Å². The summed E-state index contributed by atoms with van der Waals surface area (Å²) < 4.78 is 5.27. The Kier molecular flexibility index (Phi) is 4.59. The van der Waals surface area contributed by atoms with Crippen LogP contribution < -0.4 is 0 Å². The Morgan fingerprint density at radius 1 is 0.964 bits per heavy atom. The van der Waals surface area contributed by atoms with Crippen molar-refractivity contribution >= 4 is 5.57 Å². The second-order valence-electron chi connectivity index (χ2n) is 7.83. The number of hydrogen-bond donors (Lipinski definition) is 0. The van der Waals surface area contributed by atoms with Crippen molar-refractivity contribution in [3.05, 3.63) is 83.6 Å². The van der Waals surface area contributed by atoms with E-state index in [1.807, 2.05) is 12.3 Å². The predicted octanol–water partition coefficient (Wildman–Crippen LogP) is 4.08. The summed E-state index contributed by atoms with van der Waals surface area (Å²) in [4.78, 5) is 9.65. The van der Waals surface area contributed by atoms with Crippen LogP contribution in [0.2, 0.25) is 0 Å². The molecule has 0 radical (unpaired) electrons. The van der Waals surface area contributed by atoms with Gasteiger partial charge in [-0.2, -0.15) is 0 Å². The second kappa shape index (κ2) is 7.38. The van der Waals surface area contributed by atoms with Crippen molar-refractivity contribution in [2.45, 2.75) is 13.0 Å². The number of allylic oxidation sites excluding steroid dienone is 1. The van der Waals surface area contributed by atoms with Crippen molar-refractivity contribution in [2.75, 3.05) is 33.2 Å². The standard InChI is InChI=1S/C24H25N3O/c1-26-9-11-27(12-10-26)16-18-2-4-19(5-3-18)21-14-23-22(20-8-13-28-17-20)6-7-24(23)25-15-21/h2-6,8,13-15,17H,7,9-12,16H2,1H3. The molecule has 0 bridgehead atoms. The molecule has 1 saturated heterocycles. The monoisotopic (exact) mass is 371 g/mol. The number of likely N-dealkylation sites (N-methyl/N-ethyl adjacent to an activating group) is 1. The van der Waals surface area contributed by atoms with Crippen LogP contribution in [0.1, 0.15) is 22.4 Å². The number of aromatic nitrogens is 1. The Balaban J connectivity index is 1.34. The van der Waals surface area contributed by atoms with E-state index in [1.54, 1.807) is 12.5 Å². The fraction of sp³-hybridized carbons (Fsp3) is 0.292. The summed E-state index contributed by atoms with van der Waals surface area (Å²) in [5, 5.41) is 0. The Morgan fingerprint density at radius 3 is 2.54 bits per heavy atom. The minimum absolute atomic E-state index is 0.889. The van der Waals surface area contributed by atoms with Gasteiger partial charge in [0.05, 0.1) is 18.2 Å². The molecule has 142 valence electrons. The SMILES string of the molecule is CN1CCN(Cc2ccc(-c3cnc4c(c3)C(c3ccoc3)=CC4)cc2)CC1. The number of hydrogen-bond acceptors (Lipinski definition) is 4. The molecule has 4 nitrogen and oxygen atoms in total. The van der Waals surface area contributed by atoms with E-state index in [4.69, 9.17) is 9.40 Å². The lowest BCUT2D eigenvalue weighted by atomic mass is 9.99. The van der Waals surface area contributed by atoms with Gasteiger partial charge in [0, 0.05) is 62.0 Å². The highest BCUT2D eigenvalue weighted by Gasteiger charge is 2.19. The van der Waals surface area contributed by atoms with E-state index in [-0.39, 0.29) is 0 Å². The van der Waals surface area contributed by atoms with Gasteiger partial charge in [-0.1, -0.05) is 30.3 Å². The molecule has 1 aliphatic carbocycles. The summed E-state index contributed by atoms with van der Waals surface area (Å²) in [7, 11) is 2.20. The van der Waals surface area contributed by atoms with Gasteiger partial charge in [0.15, 0.2) is 0 Å². The van der Waals surface area contributed by atoms with E-state index < -0.39 is 0 Å². The van der Waals surface area contributed by atoms with E-state index in [1.165, 1.54) is 27.8 Å². The van der Waals surface area contributed by atoms with Crippen LogP contribution >= 0.6 is 0 Å². The highest BCUT2D eigenvalue weighted by Crippen LogP contribution is 2.34. The molecule has 3 aromatic rings. The van der Waals surface area contributed by atoms with E-state index >= 15 is 0 Å². The van der Waals surface area contributed by atoms with E-state index in [9.17, 15) is 0 Å². The summed E-state index contributed by atoms with van der Waals surface area (Å²) in [6.07, 6.45) is 8.66. The number of furan rings is 1. The molecule has 4 heteroatoms. The van der Waals surface area contributed by atoms with Crippen molar-refractivity contribution in [1.82, 2.24) is 14.8 Å². The lowest BCUT2D eigenvalue weighted by Crippen LogP contribution is -2.43. The Morgan fingerprint density at radius 2 is 1.79 bits per heavy atom. The third-order valence-corrected chi connectivity index (χ3v) is 5.88. The summed E-state index contributed by atoms with van der Waals surface area (Å²) in [6, 6.07) is 13.3. The van der Waals surface area contributed by atoms with Gasteiger partial charge in [0.25, 0.3) is 0 Å². The molecule has 0 unspecified atom stereocenters. The smallest absolute Gasteiger partial charge is 0.0981 e. The summed E-state index contributed by atoms with van der Waals surface area (Å²) in [5.41, 5.74) is 8.48. The van der Waals surface area contributed by atoms with Gasteiger partial charge in [-0.15, -0.1) is 0 Å². The fourth-order valence-corrected chi connectivity index (χ4v) is 4.11. The van der Waals surface area contributed by atoms with Gasteiger partial charge >= 0.3 is 0 Å². The first-order valence-corrected chi connectivity index (χ1v) is 9.98. The average molecular weight is 371 g/mol. The van der Waals surface area contributed by atoms with Crippen molar-refractivity contribution < 1.29 is 4.42 Å². The summed E-state index contributed by atoms with van der Waals surface area (Å²) in [5.74, 6) is 0. The van der Waals surface area contributed by atoms with Crippen molar-refractivity contribution in [3.63, 3.8) is 0 Å². The minimum Gasteiger partial charge on any atom is -0.472 e. The number of nitrogens with zero attached hydrogens (tertiary/aromatic N) is 3. The maximum Gasteiger partial charge on any atom is 0.0981 e. The number of piperazine rings is 1. The predicted molar refractivity (Wildman–Crippen MR) is 112 cm³/mol.